The molecule has 1 aliphatic carbocycles. The number of carbonyl (C=O) groups excluding carboxylic acids is 3. The first kappa shape index (κ1) is 22.2. The lowest BCUT2D eigenvalue weighted by Gasteiger charge is -2.18. The molecule has 0 saturated heterocycles. The van der Waals surface area contributed by atoms with E-state index in [-0.39, 0.29) is 5.57 Å². The number of methoxy groups -OCH3 is 1. The first-order chi connectivity index (χ1) is 14.9. The van der Waals surface area contributed by atoms with E-state index in [4.69, 9.17) is 9.47 Å². The zero-order valence-electron chi connectivity index (χ0n) is 17.3. The van der Waals surface area contributed by atoms with Gasteiger partial charge in [0.2, 0.25) is 0 Å². The Morgan fingerprint density at radius 2 is 2.03 bits per heavy atom. The Kier molecular flexibility index (Phi) is 7.21. The van der Waals surface area contributed by atoms with Gasteiger partial charge in [0.25, 0.3) is 5.91 Å². The predicted octanol–water partition coefficient (Wildman–Crippen LogP) is 3.75. The van der Waals surface area contributed by atoms with E-state index >= 15 is 0 Å². The van der Waals surface area contributed by atoms with Gasteiger partial charge in [-0.1, -0.05) is 37.3 Å². The van der Waals surface area contributed by atoms with Gasteiger partial charge in [-0.2, -0.15) is 5.26 Å². The highest BCUT2D eigenvalue weighted by atomic mass is 32.1. The van der Waals surface area contributed by atoms with E-state index in [1.807, 2.05) is 6.07 Å². The quantitative estimate of drug-likeness (QED) is 0.418. The molecule has 0 fully saturated rings. The molecule has 1 atom stereocenters. The van der Waals surface area contributed by atoms with E-state index in [1.54, 1.807) is 30.3 Å². The Labute approximate surface area is 184 Å². The number of hydrogen-bond donors (Lipinski definition) is 1. The van der Waals surface area contributed by atoms with Crippen molar-refractivity contribution in [3.05, 3.63) is 57.5 Å². The van der Waals surface area contributed by atoms with Crippen molar-refractivity contribution in [2.45, 2.75) is 26.2 Å². The molecule has 1 amide bonds. The van der Waals surface area contributed by atoms with E-state index in [9.17, 15) is 19.6 Å². The number of amides is 1. The van der Waals surface area contributed by atoms with Crippen molar-refractivity contribution < 1.29 is 23.9 Å². The smallest absolute Gasteiger partial charge is 0.349 e. The highest BCUT2D eigenvalue weighted by Gasteiger charge is 2.29. The number of thiophene rings is 1. The van der Waals surface area contributed by atoms with E-state index < -0.39 is 24.5 Å². The molecule has 8 heteroatoms. The highest BCUT2D eigenvalue weighted by Crippen LogP contribution is 2.40. The van der Waals surface area contributed by atoms with Gasteiger partial charge in [0.1, 0.15) is 16.6 Å². The molecule has 0 bridgehead atoms. The average Bonchev–Trinajstić information content (AvgIpc) is 3.12. The van der Waals surface area contributed by atoms with Crippen LogP contribution < -0.4 is 5.32 Å². The second-order valence-corrected chi connectivity index (χ2v) is 8.36. The zero-order valence-corrected chi connectivity index (χ0v) is 18.1. The van der Waals surface area contributed by atoms with Crippen molar-refractivity contribution in [3.8, 4) is 6.07 Å². The molecule has 1 unspecified atom stereocenters. The normalized spacial score (nSPS) is 15.4. The number of hydrogen-bond acceptors (Lipinski definition) is 7. The topological polar surface area (TPSA) is 105 Å². The standard InChI is InChI=1S/C23H22N2O5S/c1-14-8-9-17-18(10-14)31-21(20(17)23(28)29-2)25-19(26)13-30-22(27)16(12-24)11-15-6-4-3-5-7-15/h3-7,11,14H,8-10,13H2,1-2H3,(H,25,26)/b16-11+. The largest absolute Gasteiger partial charge is 0.465 e. The molecule has 0 radical (unpaired) electrons. The van der Waals surface area contributed by atoms with Gasteiger partial charge in [-0.05, 0) is 42.4 Å². The number of benzene rings is 1. The lowest BCUT2D eigenvalue weighted by molar-refractivity contribution is -0.142. The van der Waals surface area contributed by atoms with Crippen LogP contribution in [-0.2, 0) is 31.9 Å². The van der Waals surface area contributed by atoms with E-state index in [0.29, 0.717) is 22.0 Å². The van der Waals surface area contributed by atoms with Crippen molar-refractivity contribution in [2.75, 3.05) is 19.0 Å². The summed E-state index contributed by atoms with van der Waals surface area (Å²) in [5.74, 6) is -1.49. The van der Waals surface area contributed by atoms with Gasteiger partial charge in [0.05, 0.1) is 12.7 Å². The lowest BCUT2D eigenvalue weighted by atomic mass is 9.88. The molecular weight excluding hydrogens is 416 g/mol. The number of anilines is 1. The maximum Gasteiger partial charge on any atom is 0.349 e. The molecular formula is C23H22N2O5S. The lowest BCUT2D eigenvalue weighted by Crippen LogP contribution is -2.22. The summed E-state index contributed by atoms with van der Waals surface area (Å²) in [6, 6.07) is 10.6. The van der Waals surface area contributed by atoms with Gasteiger partial charge >= 0.3 is 11.9 Å². The van der Waals surface area contributed by atoms with Gasteiger partial charge in [-0.15, -0.1) is 11.3 Å². The summed E-state index contributed by atoms with van der Waals surface area (Å²) in [4.78, 5) is 37.9. The maximum absolute atomic E-state index is 12.4. The summed E-state index contributed by atoms with van der Waals surface area (Å²) in [5, 5.41) is 12.3. The summed E-state index contributed by atoms with van der Waals surface area (Å²) in [5.41, 5.74) is 1.74. The predicted molar refractivity (Wildman–Crippen MR) is 116 cm³/mol. The molecule has 1 N–H and O–H groups in total. The molecule has 0 spiro atoms. The molecule has 7 nitrogen and oxygen atoms in total. The summed E-state index contributed by atoms with van der Waals surface area (Å²) in [6.07, 6.45) is 3.94. The number of nitrogens with zero attached hydrogens (tertiary/aromatic N) is 1. The zero-order chi connectivity index (χ0) is 22.4. The van der Waals surface area contributed by atoms with E-state index in [0.717, 1.165) is 29.7 Å². The third kappa shape index (κ3) is 5.38. The molecule has 1 heterocycles. The molecule has 1 aromatic heterocycles. The van der Waals surface area contributed by atoms with Crippen LogP contribution in [-0.4, -0.2) is 31.6 Å². The maximum atomic E-state index is 12.4. The van der Waals surface area contributed by atoms with Crippen molar-refractivity contribution in [1.29, 1.82) is 5.26 Å². The number of fused-ring (bicyclic) bond motifs is 1. The van der Waals surface area contributed by atoms with E-state index in [1.165, 1.54) is 24.5 Å². The molecule has 1 aliphatic rings. The minimum Gasteiger partial charge on any atom is -0.465 e. The van der Waals surface area contributed by atoms with Gasteiger partial charge in [0.15, 0.2) is 6.61 Å². The highest BCUT2D eigenvalue weighted by molar-refractivity contribution is 7.17. The SMILES string of the molecule is COC(=O)c1c(NC(=O)COC(=O)/C(C#N)=C/c2ccccc2)sc2c1CCC(C)C2. The summed E-state index contributed by atoms with van der Waals surface area (Å²) >= 11 is 1.35. The Morgan fingerprint density at radius 3 is 2.71 bits per heavy atom. The molecule has 160 valence electrons. The summed E-state index contributed by atoms with van der Waals surface area (Å²) in [7, 11) is 1.30. The Bertz CT molecular complexity index is 1070. The second kappa shape index (κ2) is 10.0. The van der Waals surface area contributed by atoms with Crippen molar-refractivity contribution in [1.82, 2.24) is 0 Å². The third-order valence-corrected chi connectivity index (χ3v) is 6.11. The number of nitriles is 1. The first-order valence-corrected chi connectivity index (χ1v) is 10.6. The summed E-state index contributed by atoms with van der Waals surface area (Å²) < 4.78 is 9.89. The van der Waals surface area contributed by atoms with Crippen LogP contribution >= 0.6 is 11.3 Å². The van der Waals surface area contributed by atoms with Crippen LogP contribution in [0.25, 0.3) is 6.08 Å². The van der Waals surface area contributed by atoms with Crippen LogP contribution in [0.4, 0.5) is 5.00 Å². The Hall–Kier alpha value is -3.44. The van der Waals surface area contributed by atoms with Crippen LogP contribution in [0.15, 0.2) is 35.9 Å². The monoisotopic (exact) mass is 438 g/mol. The molecule has 31 heavy (non-hydrogen) atoms. The number of nitrogens with one attached hydrogen (secondary N) is 1. The molecule has 2 aromatic rings. The van der Waals surface area contributed by atoms with Crippen molar-refractivity contribution in [3.63, 3.8) is 0 Å². The van der Waals surface area contributed by atoms with Crippen molar-refractivity contribution >= 4 is 40.3 Å². The molecule has 3 rings (SSSR count). The summed E-state index contributed by atoms with van der Waals surface area (Å²) in [6.45, 7) is 1.57. The number of rotatable bonds is 6. The van der Waals surface area contributed by atoms with Crippen LogP contribution in [0.5, 0.6) is 0 Å². The minimum absolute atomic E-state index is 0.213. The van der Waals surface area contributed by atoms with Gasteiger partial charge in [-0.25, -0.2) is 9.59 Å². The Morgan fingerprint density at radius 1 is 1.29 bits per heavy atom. The van der Waals surface area contributed by atoms with E-state index in [2.05, 4.69) is 12.2 Å². The van der Waals surface area contributed by atoms with Crippen LogP contribution in [0.1, 0.15) is 39.7 Å². The minimum atomic E-state index is -0.894. The number of esters is 2. The molecule has 1 aromatic carbocycles. The first-order valence-electron chi connectivity index (χ1n) is 9.79. The number of ether oxygens (including phenoxy) is 2. The fourth-order valence-corrected chi connectivity index (χ4v) is 4.80. The van der Waals surface area contributed by atoms with Crippen LogP contribution in [0, 0.1) is 17.2 Å². The molecule has 0 aliphatic heterocycles. The third-order valence-electron chi connectivity index (χ3n) is 4.94. The Balaban J connectivity index is 1.68. The van der Waals surface area contributed by atoms with Crippen LogP contribution in [0.3, 0.4) is 0 Å². The van der Waals surface area contributed by atoms with Crippen LogP contribution in [0.2, 0.25) is 0 Å². The fourth-order valence-electron chi connectivity index (χ4n) is 3.38. The molecule has 0 saturated carbocycles. The van der Waals surface area contributed by atoms with Gasteiger partial charge < -0.3 is 14.8 Å². The fraction of sp³-hybridized carbons (Fsp3) is 0.304. The second-order valence-electron chi connectivity index (χ2n) is 7.25. The number of carbonyl (C=O) groups is 3. The van der Waals surface area contributed by atoms with Crippen molar-refractivity contribution in [2.24, 2.45) is 5.92 Å². The average molecular weight is 439 g/mol. The van der Waals surface area contributed by atoms with Gasteiger partial charge in [-0.3, -0.25) is 4.79 Å². The van der Waals surface area contributed by atoms with Gasteiger partial charge in [0, 0.05) is 4.88 Å².